The van der Waals surface area contributed by atoms with Crippen LogP contribution in [0.25, 0.3) is 10.9 Å². The number of nitrogens with zero attached hydrogens (tertiary/aromatic N) is 1. The lowest BCUT2D eigenvalue weighted by Gasteiger charge is -2.21. The maximum Gasteiger partial charge on any atom is 0.338 e. The third kappa shape index (κ3) is 5.43. The summed E-state index contributed by atoms with van der Waals surface area (Å²) in [5.41, 5.74) is 2.92. The molecule has 7 heteroatoms. The summed E-state index contributed by atoms with van der Waals surface area (Å²) >= 11 is 0. The molecule has 0 fully saturated rings. The molecule has 1 atom stereocenters. The minimum absolute atomic E-state index is 0.322. The molecular weight excluding hydrogens is 387 g/mol. The minimum Gasteiger partial charge on any atom is -0.462 e. The molecule has 2 aromatic carbocycles. The molecule has 29 heavy (non-hydrogen) atoms. The molecule has 1 N–H and O–H groups in total. The number of anilines is 1. The molecule has 1 aromatic heterocycles. The lowest BCUT2D eigenvalue weighted by molar-refractivity contribution is 0.0526. The van der Waals surface area contributed by atoms with Crippen LogP contribution in [0.3, 0.4) is 0 Å². The van der Waals surface area contributed by atoms with Gasteiger partial charge in [0.2, 0.25) is 0 Å². The molecule has 0 amide bonds. The van der Waals surface area contributed by atoms with E-state index in [1.165, 1.54) is 0 Å². The third-order valence-electron chi connectivity index (χ3n) is 4.42. The molecule has 0 radical (unpaired) electrons. The van der Waals surface area contributed by atoms with Crippen LogP contribution in [0.1, 0.15) is 29.8 Å². The highest BCUT2D eigenvalue weighted by Gasteiger charge is 2.23. The van der Waals surface area contributed by atoms with E-state index >= 15 is 0 Å². The zero-order valence-corrected chi connectivity index (χ0v) is 17.5. The van der Waals surface area contributed by atoms with E-state index in [1.807, 2.05) is 49.4 Å². The van der Waals surface area contributed by atoms with Crippen molar-refractivity contribution >= 4 is 30.1 Å². The van der Waals surface area contributed by atoms with Crippen LogP contribution >= 0.6 is 7.52 Å². The summed E-state index contributed by atoms with van der Waals surface area (Å²) in [4.78, 5) is 16.2. The smallest absolute Gasteiger partial charge is 0.338 e. The van der Waals surface area contributed by atoms with E-state index in [-0.39, 0.29) is 5.97 Å². The number of hydrogen-bond acceptors (Lipinski definition) is 5. The zero-order valence-electron chi connectivity index (χ0n) is 16.6. The van der Waals surface area contributed by atoms with E-state index in [9.17, 15) is 9.36 Å². The first kappa shape index (κ1) is 21.0. The zero-order chi connectivity index (χ0) is 20.7. The summed E-state index contributed by atoms with van der Waals surface area (Å²) in [5.74, 6) is -0.343. The highest BCUT2D eigenvalue weighted by atomic mass is 31.2. The molecule has 0 bridgehead atoms. The summed E-state index contributed by atoms with van der Waals surface area (Å²) in [6.45, 7) is 4.27. The maximum atomic E-state index is 13.4. The van der Waals surface area contributed by atoms with Gasteiger partial charge in [-0.3, -0.25) is 9.55 Å². The Morgan fingerprint density at radius 2 is 1.79 bits per heavy atom. The lowest BCUT2D eigenvalue weighted by atomic mass is 10.1. The summed E-state index contributed by atoms with van der Waals surface area (Å²) < 4.78 is 24.1. The molecule has 0 spiro atoms. The van der Waals surface area contributed by atoms with Crippen molar-refractivity contribution in [3.8, 4) is 0 Å². The standard InChI is InChI=1S/C22H25N2O4P/c1-3-27-22(25)19-12-10-17(11-13-19)14-16-29(26,28-4-2)24-20-9-5-7-18-8-6-15-23-21(18)20/h5-13,15H,3-4,14,16H2,1-2H3,(H,24,26). The Kier molecular flexibility index (Phi) is 7.02. The molecule has 152 valence electrons. The molecule has 0 saturated heterocycles. The third-order valence-corrected chi connectivity index (χ3v) is 6.49. The van der Waals surface area contributed by atoms with Crippen molar-refractivity contribution in [2.45, 2.75) is 20.3 Å². The van der Waals surface area contributed by atoms with E-state index in [0.717, 1.165) is 16.5 Å². The van der Waals surface area contributed by atoms with Crippen molar-refractivity contribution in [2.24, 2.45) is 0 Å². The van der Waals surface area contributed by atoms with Crippen LogP contribution in [-0.4, -0.2) is 30.3 Å². The van der Waals surface area contributed by atoms with Crippen molar-refractivity contribution in [1.29, 1.82) is 0 Å². The van der Waals surface area contributed by atoms with Gasteiger partial charge < -0.3 is 14.3 Å². The number of nitrogens with one attached hydrogen (secondary N) is 1. The summed E-state index contributed by atoms with van der Waals surface area (Å²) in [6, 6.07) is 16.7. The number of carbonyl (C=O) groups is 1. The second-order valence-corrected chi connectivity index (χ2v) is 8.75. The molecule has 0 saturated carbocycles. The second-order valence-electron chi connectivity index (χ2n) is 6.47. The van der Waals surface area contributed by atoms with Crippen molar-refractivity contribution in [3.63, 3.8) is 0 Å². The first-order valence-corrected chi connectivity index (χ1v) is 11.5. The van der Waals surface area contributed by atoms with Gasteiger partial charge in [0.25, 0.3) is 7.52 Å². The Morgan fingerprint density at radius 1 is 1.03 bits per heavy atom. The fraction of sp³-hybridized carbons (Fsp3) is 0.273. The van der Waals surface area contributed by atoms with Gasteiger partial charge in [-0.2, -0.15) is 0 Å². The van der Waals surface area contributed by atoms with Gasteiger partial charge in [0.1, 0.15) is 0 Å². The number of pyridine rings is 1. The van der Waals surface area contributed by atoms with Crippen molar-refractivity contribution < 1.29 is 18.6 Å². The maximum absolute atomic E-state index is 13.4. The Morgan fingerprint density at radius 3 is 2.52 bits per heavy atom. The molecular formula is C22H25N2O4P. The van der Waals surface area contributed by atoms with Crippen LogP contribution in [0.4, 0.5) is 5.69 Å². The van der Waals surface area contributed by atoms with Crippen LogP contribution in [0.2, 0.25) is 0 Å². The normalized spacial score (nSPS) is 13.0. The number of aromatic nitrogens is 1. The van der Waals surface area contributed by atoms with Crippen LogP contribution < -0.4 is 5.09 Å². The van der Waals surface area contributed by atoms with Gasteiger partial charge in [-0.25, -0.2) is 4.79 Å². The monoisotopic (exact) mass is 412 g/mol. The quantitative estimate of drug-likeness (QED) is 0.380. The Labute approximate surface area is 170 Å². The average Bonchev–Trinajstić information content (AvgIpc) is 2.73. The molecule has 0 aliphatic rings. The molecule has 6 nitrogen and oxygen atoms in total. The number of hydrogen-bond donors (Lipinski definition) is 1. The molecule has 0 aliphatic heterocycles. The first-order valence-electron chi connectivity index (χ1n) is 9.66. The van der Waals surface area contributed by atoms with Crippen molar-refractivity contribution in [1.82, 2.24) is 4.98 Å². The number of esters is 1. The SMILES string of the molecule is CCOC(=O)c1ccc(CCP(=O)(Nc2cccc3cccnc23)OCC)cc1. The van der Waals surface area contributed by atoms with Gasteiger partial charge in [0.05, 0.1) is 30.0 Å². The van der Waals surface area contributed by atoms with E-state index in [2.05, 4.69) is 10.1 Å². The van der Waals surface area contributed by atoms with Crippen LogP contribution in [0.15, 0.2) is 60.8 Å². The second kappa shape index (κ2) is 9.68. The van der Waals surface area contributed by atoms with Gasteiger partial charge in [-0.05, 0) is 50.1 Å². The average molecular weight is 412 g/mol. The number of aryl methyl sites for hydroxylation is 1. The highest BCUT2D eigenvalue weighted by molar-refractivity contribution is 7.60. The predicted octanol–water partition coefficient (Wildman–Crippen LogP) is 5.30. The van der Waals surface area contributed by atoms with Gasteiger partial charge in [0, 0.05) is 17.7 Å². The summed E-state index contributed by atoms with van der Waals surface area (Å²) in [6.07, 6.45) is 2.58. The Hall–Kier alpha value is -2.69. The number of para-hydroxylation sites is 1. The Balaban J connectivity index is 1.73. The van der Waals surface area contributed by atoms with Gasteiger partial charge in [0.15, 0.2) is 0 Å². The number of carbonyl (C=O) groups excluding carboxylic acids is 1. The largest absolute Gasteiger partial charge is 0.462 e. The predicted molar refractivity (Wildman–Crippen MR) is 116 cm³/mol. The minimum atomic E-state index is -3.13. The van der Waals surface area contributed by atoms with E-state index < -0.39 is 7.52 Å². The van der Waals surface area contributed by atoms with E-state index in [1.54, 1.807) is 25.3 Å². The summed E-state index contributed by atoms with van der Waals surface area (Å²) in [7, 11) is -3.13. The number of rotatable bonds is 9. The van der Waals surface area contributed by atoms with Crippen molar-refractivity contribution in [2.75, 3.05) is 24.5 Å². The van der Waals surface area contributed by atoms with Gasteiger partial charge in [-0.15, -0.1) is 0 Å². The molecule has 3 aromatic rings. The molecule has 3 rings (SSSR count). The summed E-state index contributed by atoms with van der Waals surface area (Å²) in [5, 5.41) is 4.08. The number of benzene rings is 2. The molecule has 1 unspecified atom stereocenters. The number of ether oxygens (including phenoxy) is 1. The van der Waals surface area contributed by atoms with E-state index in [0.29, 0.717) is 37.0 Å². The van der Waals surface area contributed by atoms with Gasteiger partial charge in [-0.1, -0.05) is 30.3 Å². The fourth-order valence-corrected chi connectivity index (χ4v) is 4.86. The Bertz CT molecular complexity index is 1020. The van der Waals surface area contributed by atoms with E-state index in [4.69, 9.17) is 9.26 Å². The first-order chi connectivity index (χ1) is 14.0. The van der Waals surface area contributed by atoms with Crippen molar-refractivity contribution in [3.05, 3.63) is 71.9 Å². The topological polar surface area (TPSA) is 77.5 Å². The van der Waals surface area contributed by atoms with Crippen LogP contribution in [0.5, 0.6) is 0 Å². The van der Waals surface area contributed by atoms with Crippen LogP contribution in [0, 0.1) is 0 Å². The van der Waals surface area contributed by atoms with Crippen LogP contribution in [-0.2, 0) is 20.2 Å². The highest BCUT2D eigenvalue weighted by Crippen LogP contribution is 2.48. The van der Waals surface area contributed by atoms with Gasteiger partial charge >= 0.3 is 5.97 Å². The lowest BCUT2D eigenvalue weighted by Crippen LogP contribution is -2.08. The molecule has 1 heterocycles. The fourth-order valence-electron chi connectivity index (χ4n) is 3.04. The number of fused-ring (bicyclic) bond motifs is 1. The molecule has 0 aliphatic carbocycles.